The van der Waals surface area contributed by atoms with Gasteiger partial charge in [-0.1, -0.05) is 29.5 Å². The molecule has 0 spiro atoms. The van der Waals surface area contributed by atoms with Crippen LogP contribution in [0.2, 0.25) is 0 Å². The Morgan fingerprint density at radius 1 is 1.00 bits per heavy atom. The van der Waals surface area contributed by atoms with Gasteiger partial charge < -0.3 is 0 Å². The van der Waals surface area contributed by atoms with E-state index in [0.29, 0.717) is 10.7 Å². The van der Waals surface area contributed by atoms with Crippen LogP contribution in [-0.2, 0) is 16.6 Å². The first-order valence-corrected chi connectivity index (χ1v) is 14.0. The molecule has 0 saturated heterocycles. The van der Waals surface area contributed by atoms with Gasteiger partial charge in [0, 0.05) is 43.9 Å². The first kappa shape index (κ1) is 26.9. The van der Waals surface area contributed by atoms with Gasteiger partial charge in [0.1, 0.15) is 0 Å². The van der Waals surface area contributed by atoms with E-state index in [0.717, 1.165) is 25.6 Å². The number of fused-ring (bicyclic) bond motifs is 1. The van der Waals surface area contributed by atoms with E-state index in [1.165, 1.54) is 35.6 Å². The summed E-state index contributed by atoms with van der Waals surface area (Å²) >= 11 is 1.41. The number of rotatable bonds is 10. The van der Waals surface area contributed by atoms with Crippen LogP contribution in [0.25, 0.3) is 10.2 Å². The lowest BCUT2D eigenvalue weighted by Gasteiger charge is -2.21. The monoisotopic (exact) mass is 544 g/mol. The van der Waals surface area contributed by atoms with Crippen molar-refractivity contribution >= 4 is 42.6 Å². The molecule has 0 aliphatic rings. The zero-order chi connectivity index (χ0) is 27.1. The minimum atomic E-state index is -3.94. The van der Waals surface area contributed by atoms with Crippen LogP contribution in [0.3, 0.4) is 0 Å². The van der Waals surface area contributed by atoms with Gasteiger partial charge in [-0.05, 0) is 54.4 Å². The lowest BCUT2D eigenvalue weighted by atomic mass is 10.2. The Hall–Kier alpha value is -4.16. The van der Waals surface area contributed by atoms with Crippen LogP contribution >= 0.6 is 11.3 Å². The number of amides is 1. The average molecular weight is 545 g/mol. The zero-order valence-electron chi connectivity index (χ0n) is 20.6. The summed E-state index contributed by atoms with van der Waals surface area (Å²) in [4.78, 5) is 24.2. The summed E-state index contributed by atoms with van der Waals surface area (Å²) < 4.78 is 28.4. The van der Waals surface area contributed by atoms with Crippen LogP contribution in [-0.4, -0.2) is 41.7 Å². The number of nitrogens with zero attached hydrogens (tertiary/aromatic N) is 6. The van der Waals surface area contributed by atoms with Gasteiger partial charge in [0.15, 0.2) is 5.13 Å². The summed E-state index contributed by atoms with van der Waals surface area (Å²) in [6, 6.07) is 19.1. The van der Waals surface area contributed by atoms with Crippen LogP contribution in [0.1, 0.15) is 34.3 Å². The number of benzene rings is 2. The SMILES string of the molecule is Cc1cccc2sc(N(Cc3cccnc3)C(=O)c3ccc(S(=O)(=O)N(CCC#N)CCC#N)cc3)nc12. The predicted molar refractivity (Wildman–Crippen MR) is 145 cm³/mol. The highest BCUT2D eigenvalue weighted by molar-refractivity contribution is 7.89. The van der Waals surface area contributed by atoms with E-state index in [1.807, 2.05) is 43.3 Å². The number of aromatic nitrogens is 2. The summed E-state index contributed by atoms with van der Waals surface area (Å²) in [7, 11) is -3.94. The molecule has 0 aliphatic heterocycles. The van der Waals surface area contributed by atoms with Crippen molar-refractivity contribution in [1.82, 2.24) is 14.3 Å². The number of hydrogen-bond donors (Lipinski definition) is 0. The third-order valence-corrected chi connectivity index (χ3v) is 8.79. The van der Waals surface area contributed by atoms with E-state index >= 15 is 0 Å². The maximum atomic E-state index is 13.7. The van der Waals surface area contributed by atoms with Crippen molar-refractivity contribution in [3.8, 4) is 12.1 Å². The van der Waals surface area contributed by atoms with Crippen molar-refractivity contribution in [2.24, 2.45) is 0 Å². The van der Waals surface area contributed by atoms with Gasteiger partial charge >= 0.3 is 0 Å². The number of carbonyl (C=O) groups excluding carboxylic acids is 1. The van der Waals surface area contributed by atoms with E-state index in [2.05, 4.69) is 4.98 Å². The van der Waals surface area contributed by atoms with Crippen molar-refractivity contribution in [2.75, 3.05) is 18.0 Å². The predicted octanol–water partition coefficient (Wildman–Crippen LogP) is 4.66. The molecule has 0 fully saturated rings. The van der Waals surface area contributed by atoms with Gasteiger partial charge in [-0.15, -0.1) is 0 Å². The van der Waals surface area contributed by atoms with Crippen molar-refractivity contribution in [2.45, 2.75) is 31.2 Å². The third-order valence-electron chi connectivity index (χ3n) is 5.83. The van der Waals surface area contributed by atoms with E-state index in [-0.39, 0.29) is 43.3 Å². The number of nitriles is 2. The molecule has 2 heterocycles. The molecule has 0 radical (unpaired) electrons. The molecule has 4 aromatic rings. The van der Waals surface area contributed by atoms with Crippen LogP contribution in [0.5, 0.6) is 0 Å². The molecule has 11 heteroatoms. The fourth-order valence-corrected chi connectivity index (χ4v) is 6.35. The van der Waals surface area contributed by atoms with Crippen molar-refractivity contribution in [3.63, 3.8) is 0 Å². The highest BCUT2D eigenvalue weighted by atomic mass is 32.2. The average Bonchev–Trinajstić information content (AvgIpc) is 3.37. The van der Waals surface area contributed by atoms with Gasteiger partial charge in [-0.3, -0.25) is 14.7 Å². The Balaban J connectivity index is 1.67. The molecule has 0 saturated carbocycles. The largest absolute Gasteiger partial charge is 0.279 e. The maximum absolute atomic E-state index is 13.7. The summed E-state index contributed by atoms with van der Waals surface area (Å²) in [5, 5.41) is 18.3. The van der Waals surface area contributed by atoms with E-state index < -0.39 is 10.0 Å². The molecule has 1 amide bonds. The molecule has 0 aliphatic carbocycles. The Morgan fingerprint density at radius 3 is 2.32 bits per heavy atom. The smallest absolute Gasteiger partial charge is 0.260 e. The highest BCUT2D eigenvalue weighted by Gasteiger charge is 2.26. The second-order valence-corrected chi connectivity index (χ2v) is 11.4. The highest BCUT2D eigenvalue weighted by Crippen LogP contribution is 2.32. The number of carbonyl (C=O) groups is 1. The number of thiazole rings is 1. The van der Waals surface area contributed by atoms with Gasteiger partial charge in [0.25, 0.3) is 5.91 Å². The third kappa shape index (κ3) is 5.87. The molecule has 2 aromatic heterocycles. The standard InChI is InChI=1S/C27H24N6O3S2/c1-20-6-2-8-24-25(20)31-27(37-24)33(19-21-7-3-15-30-18-21)26(34)22-9-11-23(12-10-22)38(35,36)32(16-4-13-28)17-5-14-29/h2-3,6-12,15,18H,4-5,16-17,19H2,1H3. The lowest BCUT2D eigenvalue weighted by molar-refractivity contribution is 0.0985. The molecule has 0 bridgehead atoms. The van der Waals surface area contributed by atoms with E-state index in [4.69, 9.17) is 15.5 Å². The minimum absolute atomic E-state index is 0.00612. The number of anilines is 1. The van der Waals surface area contributed by atoms with E-state index in [1.54, 1.807) is 23.4 Å². The second kappa shape index (κ2) is 11.9. The summed E-state index contributed by atoms with van der Waals surface area (Å²) in [6.07, 6.45) is 3.36. The lowest BCUT2D eigenvalue weighted by Crippen LogP contribution is -2.33. The summed E-state index contributed by atoms with van der Waals surface area (Å²) in [5.41, 5.74) is 2.95. The van der Waals surface area contributed by atoms with Gasteiger partial charge in [-0.25, -0.2) is 13.4 Å². The van der Waals surface area contributed by atoms with Crippen LogP contribution < -0.4 is 4.90 Å². The fourth-order valence-electron chi connectivity index (χ4n) is 3.87. The Morgan fingerprint density at radius 2 is 1.71 bits per heavy atom. The Labute approximate surface area is 225 Å². The number of pyridine rings is 1. The zero-order valence-corrected chi connectivity index (χ0v) is 22.2. The van der Waals surface area contributed by atoms with E-state index in [9.17, 15) is 13.2 Å². The number of sulfonamides is 1. The van der Waals surface area contributed by atoms with Gasteiger partial charge in [0.2, 0.25) is 10.0 Å². The molecular weight excluding hydrogens is 520 g/mol. The van der Waals surface area contributed by atoms with Crippen molar-refractivity contribution < 1.29 is 13.2 Å². The molecule has 4 rings (SSSR count). The number of para-hydroxylation sites is 1. The number of aryl methyl sites for hydroxylation is 1. The molecule has 0 atom stereocenters. The Bertz CT molecular complexity index is 1600. The maximum Gasteiger partial charge on any atom is 0.260 e. The van der Waals surface area contributed by atoms with Crippen molar-refractivity contribution in [3.05, 3.63) is 83.7 Å². The van der Waals surface area contributed by atoms with Crippen molar-refractivity contribution in [1.29, 1.82) is 10.5 Å². The quantitative estimate of drug-likeness (QED) is 0.284. The molecule has 192 valence electrons. The van der Waals surface area contributed by atoms with Crippen LogP contribution in [0, 0.1) is 29.6 Å². The molecular formula is C27H24N6O3S2. The number of hydrogen-bond acceptors (Lipinski definition) is 8. The minimum Gasteiger partial charge on any atom is -0.279 e. The van der Waals surface area contributed by atoms with Crippen LogP contribution in [0.4, 0.5) is 5.13 Å². The molecule has 38 heavy (non-hydrogen) atoms. The van der Waals surface area contributed by atoms with Gasteiger partial charge in [0.05, 0.1) is 33.8 Å². The Kier molecular flexibility index (Phi) is 8.44. The normalized spacial score (nSPS) is 11.3. The first-order chi connectivity index (χ1) is 18.3. The first-order valence-electron chi connectivity index (χ1n) is 11.8. The fraction of sp³-hybridized carbons (Fsp3) is 0.222. The topological polar surface area (TPSA) is 131 Å². The van der Waals surface area contributed by atoms with Gasteiger partial charge in [-0.2, -0.15) is 14.8 Å². The molecule has 2 aromatic carbocycles. The molecule has 9 nitrogen and oxygen atoms in total. The molecule has 0 N–H and O–H groups in total. The second-order valence-electron chi connectivity index (χ2n) is 8.42. The summed E-state index contributed by atoms with van der Waals surface area (Å²) in [5.74, 6) is -0.333. The molecule has 0 unspecified atom stereocenters. The summed E-state index contributed by atoms with van der Waals surface area (Å²) in [6.45, 7) is 2.17. The van der Waals surface area contributed by atoms with Crippen LogP contribution in [0.15, 0.2) is 71.9 Å².